The Bertz CT molecular complexity index is 1690. The molecule has 3 atom stereocenters. The molecule has 44 heavy (non-hydrogen) atoms. The van der Waals surface area contributed by atoms with Gasteiger partial charge < -0.3 is 5.11 Å². The maximum Gasteiger partial charge on any atom is 0.416 e. The molecule has 2 fully saturated rings. The topological polar surface area (TPSA) is 82.5 Å². The van der Waals surface area contributed by atoms with E-state index in [0.717, 1.165) is 17.7 Å². The second kappa shape index (κ2) is 11.7. The standard InChI is InChI=1S/C34H31F4N3O3/c35-31-27-17-23(26-10-13-30(42)40-32(26)43)18-39-29(27)12-11-28(31)33(44)14-15-41(20-25(33)16-21-4-2-1-3-5-21)19-22-6-8-24(9-7-22)34(36,37)38/h1-9,11-12,17-18,25-26,44H,10,13-16,19-20H2,(H,40,42,43)/t25-,26?,33-/m0/s1. The fraction of sp³-hybridized carbons (Fsp3) is 0.324. The Morgan fingerprint density at radius 3 is 2.45 bits per heavy atom. The van der Waals surface area contributed by atoms with E-state index in [1.165, 1.54) is 18.3 Å². The maximum absolute atomic E-state index is 16.4. The molecular weight excluding hydrogens is 574 g/mol. The van der Waals surface area contributed by atoms with Gasteiger partial charge in [0.25, 0.3) is 0 Å². The molecule has 0 radical (unpaired) electrons. The lowest BCUT2D eigenvalue weighted by Gasteiger charge is -2.45. The Morgan fingerprint density at radius 1 is 1.00 bits per heavy atom. The van der Waals surface area contributed by atoms with Gasteiger partial charge >= 0.3 is 6.18 Å². The summed E-state index contributed by atoms with van der Waals surface area (Å²) in [5, 5.41) is 14.8. The van der Waals surface area contributed by atoms with Crippen molar-refractivity contribution >= 4 is 22.7 Å². The lowest BCUT2D eigenvalue weighted by molar-refractivity contribution is -0.138. The molecule has 1 unspecified atom stereocenters. The minimum Gasteiger partial charge on any atom is -0.385 e. The molecule has 10 heteroatoms. The van der Waals surface area contributed by atoms with Crippen LogP contribution < -0.4 is 5.32 Å². The maximum atomic E-state index is 16.4. The van der Waals surface area contributed by atoms with Gasteiger partial charge in [-0.15, -0.1) is 0 Å². The summed E-state index contributed by atoms with van der Waals surface area (Å²) < 4.78 is 55.6. The van der Waals surface area contributed by atoms with Crippen molar-refractivity contribution in [3.63, 3.8) is 0 Å². The van der Waals surface area contributed by atoms with Crippen LogP contribution >= 0.6 is 0 Å². The minimum atomic E-state index is -4.41. The van der Waals surface area contributed by atoms with Crippen LogP contribution in [0.3, 0.4) is 0 Å². The number of hydrogen-bond donors (Lipinski definition) is 2. The molecule has 2 aliphatic rings. The number of aromatic nitrogens is 1. The molecule has 0 saturated carbocycles. The van der Waals surface area contributed by atoms with Gasteiger partial charge in [-0.3, -0.25) is 24.8 Å². The van der Waals surface area contributed by atoms with E-state index in [1.54, 1.807) is 18.2 Å². The van der Waals surface area contributed by atoms with Crippen LogP contribution in [-0.4, -0.2) is 39.9 Å². The monoisotopic (exact) mass is 605 g/mol. The van der Waals surface area contributed by atoms with Crippen molar-refractivity contribution in [1.82, 2.24) is 15.2 Å². The average molecular weight is 606 g/mol. The summed E-state index contributed by atoms with van der Waals surface area (Å²) in [5.41, 5.74) is 0.444. The van der Waals surface area contributed by atoms with E-state index in [1.807, 2.05) is 30.3 Å². The first-order valence-corrected chi connectivity index (χ1v) is 14.6. The third-order valence-electron chi connectivity index (χ3n) is 8.90. The number of alkyl halides is 3. The highest BCUT2D eigenvalue weighted by Crippen LogP contribution is 2.42. The summed E-state index contributed by atoms with van der Waals surface area (Å²) in [6.07, 6.45) is -1.75. The lowest BCUT2D eigenvalue weighted by atomic mass is 9.72. The van der Waals surface area contributed by atoms with Crippen LogP contribution in [-0.2, 0) is 34.3 Å². The number of imide groups is 1. The molecule has 2 aliphatic heterocycles. The van der Waals surface area contributed by atoms with E-state index in [2.05, 4.69) is 15.2 Å². The molecule has 6 nitrogen and oxygen atoms in total. The summed E-state index contributed by atoms with van der Waals surface area (Å²) in [4.78, 5) is 30.6. The number of piperidine rings is 2. The summed E-state index contributed by atoms with van der Waals surface area (Å²) in [6, 6.07) is 19.5. The molecule has 0 spiro atoms. The third-order valence-corrected chi connectivity index (χ3v) is 8.90. The number of hydrogen-bond acceptors (Lipinski definition) is 5. The van der Waals surface area contributed by atoms with E-state index >= 15 is 4.39 Å². The van der Waals surface area contributed by atoms with Crippen molar-refractivity contribution in [3.8, 4) is 0 Å². The number of likely N-dealkylation sites (tertiary alicyclic amines) is 1. The van der Waals surface area contributed by atoms with E-state index in [-0.39, 0.29) is 29.7 Å². The largest absolute Gasteiger partial charge is 0.416 e. The van der Waals surface area contributed by atoms with Gasteiger partial charge in [0.15, 0.2) is 0 Å². The lowest BCUT2D eigenvalue weighted by Crippen LogP contribution is -2.51. The molecule has 0 bridgehead atoms. The second-order valence-corrected chi connectivity index (χ2v) is 11.8. The zero-order valence-electron chi connectivity index (χ0n) is 23.8. The Morgan fingerprint density at radius 2 is 1.75 bits per heavy atom. The van der Waals surface area contributed by atoms with Crippen LogP contribution in [0.4, 0.5) is 17.6 Å². The van der Waals surface area contributed by atoms with Crippen molar-refractivity contribution in [1.29, 1.82) is 0 Å². The van der Waals surface area contributed by atoms with Gasteiger partial charge in [0.1, 0.15) is 5.82 Å². The van der Waals surface area contributed by atoms with Crippen LogP contribution in [0.1, 0.15) is 53.0 Å². The molecule has 1 aromatic heterocycles. The van der Waals surface area contributed by atoms with E-state index in [4.69, 9.17) is 0 Å². The Balaban J connectivity index is 1.31. The van der Waals surface area contributed by atoms with Crippen molar-refractivity contribution < 1.29 is 32.3 Å². The predicted molar refractivity (Wildman–Crippen MR) is 156 cm³/mol. The van der Waals surface area contributed by atoms with Crippen LogP contribution in [0.2, 0.25) is 0 Å². The van der Waals surface area contributed by atoms with E-state index in [9.17, 15) is 27.9 Å². The molecule has 3 aromatic carbocycles. The number of aliphatic hydroxyl groups is 1. The fourth-order valence-corrected chi connectivity index (χ4v) is 6.49. The number of nitrogens with one attached hydrogen (secondary N) is 1. The Labute approximate surface area is 251 Å². The van der Waals surface area contributed by atoms with Crippen LogP contribution in [0.25, 0.3) is 10.9 Å². The minimum absolute atomic E-state index is 0.141. The highest BCUT2D eigenvalue weighted by atomic mass is 19.4. The molecule has 2 saturated heterocycles. The number of halogens is 4. The summed E-state index contributed by atoms with van der Waals surface area (Å²) >= 11 is 0. The van der Waals surface area contributed by atoms with Crippen LogP contribution in [0.15, 0.2) is 79.0 Å². The van der Waals surface area contributed by atoms with Gasteiger partial charge in [0.2, 0.25) is 11.8 Å². The highest BCUT2D eigenvalue weighted by Gasteiger charge is 2.45. The number of amides is 2. The first-order chi connectivity index (χ1) is 21.0. The molecule has 3 heterocycles. The number of carbonyl (C=O) groups excluding carboxylic acids is 2. The molecule has 6 rings (SSSR count). The highest BCUT2D eigenvalue weighted by molar-refractivity contribution is 6.01. The SMILES string of the molecule is O=C1CCC(c2cnc3ccc([C@]4(O)CCN(Cc5ccc(C(F)(F)F)cc5)C[C@@H]4Cc4ccccc4)c(F)c3c2)C(=O)N1. The van der Waals surface area contributed by atoms with Gasteiger partial charge in [-0.25, -0.2) is 4.39 Å². The number of benzene rings is 3. The Kier molecular flexibility index (Phi) is 7.98. The number of nitrogens with zero attached hydrogens (tertiary/aromatic N) is 2. The van der Waals surface area contributed by atoms with Crippen LogP contribution in [0.5, 0.6) is 0 Å². The molecule has 4 aromatic rings. The quantitative estimate of drug-likeness (QED) is 0.213. The summed E-state index contributed by atoms with van der Waals surface area (Å²) in [6.45, 7) is 1.17. The average Bonchev–Trinajstić information content (AvgIpc) is 2.99. The smallest absolute Gasteiger partial charge is 0.385 e. The molecule has 2 amide bonds. The predicted octanol–water partition coefficient (Wildman–Crippen LogP) is 5.87. The van der Waals surface area contributed by atoms with Gasteiger partial charge in [-0.2, -0.15) is 13.2 Å². The number of rotatable bonds is 6. The molecule has 0 aliphatic carbocycles. The number of fused-ring (bicyclic) bond motifs is 1. The zero-order valence-corrected chi connectivity index (χ0v) is 23.8. The number of carbonyl (C=O) groups is 2. The van der Waals surface area contributed by atoms with Crippen LogP contribution in [0, 0.1) is 11.7 Å². The molecule has 228 valence electrons. The number of pyridine rings is 1. The third kappa shape index (κ3) is 5.96. The Hall–Kier alpha value is -4.15. The van der Waals surface area contributed by atoms with Gasteiger partial charge in [-0.1, -0.05) is 48.5 Å². The van der Waals surface area contributed by atoms with Crippen molar-refractivity contribution in [2.45, 2.75) is 49.9 Å². The van der Waals surface area contributed by atoms with Gasteiger partial charge in [-0.05, 0) is 60.2 Å². The van der Waals surface area contributed by atoms with Crippen molar-refractivity contribution in [2.24, 2.45) is 5.92 Å². The second-order valence-electron chi connectivity index (χ2n) is 11.8. The van der Waals surface area contributed by atoms with Crippen molar-refractivity contribution in [3.05, 3.63) is 113 Å². The first-order valence-electron chi connectivity index (χ1n) is 14.6. The van der Waals surface area contributed by atoms with Gasteiger partial charge in [0.05, 0.1) is 22.6 Å². The van der Waals surface area contributed by atoms with E-state index < -0.39 is 40.9 Å². The van der Waals surface area contributed by atoms with Crippen molar-refractivity contribution in [2.75, 3.05) is 13.1 Å². The van der Waals surface area contributed by atoms with Gasteiger partial charge in [0, 0.05) is 49.1 Å². The zero-order chi connectivity index (χ0) is 31.1. The summed E-state index contributed by atoms with van der Waals surface area (Å²) in [5.74, 6) is -2.46. The molecular formula is C34H31F4N3O3. The van der Waals surface area contributed by atoms with E-state index in [0.29, 0.717) is 49.1 Å². The summed E-state index contributed by atoms with van der Waals surface area (Å²) in [7, 11) is 0. The fourth-order valence-electron chi connectivity index (χ4n) is 6.49. The molecule has 2 N–H and O–H groups in total. The first kappa shape index (κ1) is 29.9. The normalized spacial score (nSPS) is 23.1.